The van der Waals surface area contributed by atoms with E-state index in [1.165, 1.54) is 41.7 Å². The predicted molar refractivity (Wildman–Crippen MR) is 111 cm³/mol. The highest BCUT2D eigenvalue weighted by molar-refractivity contribution is 7.22. The van der Waals surface area contributed by atoms with Gasteiger partial charge in [0.1, 0.15) is 5.82 Å². The van der Waals surface area contributed by atoms with Crippen LogP contribution in [0.1, 0.15) is 5.56 Å². The molecule has 1 fully saturated rings. The fourth-order valence-corrected chi connectivity index (χ4v) is 4.16. The SMILES string of the molecule is O=C(C=Cc1ccc([N+](=O)[O-])cc1)N1CCN(c2nc3ccc(F)cc3s2)CC1. The fraction of sp³-hybridized carbons (Fsp3) is 0.200. The first-order valence-corrected chi connectivity index (χ1v) is 9.84. The summed E-state index contributed by atoms with van der Waals surface area (Å²) in [4.78, 5) is 31.1. The smallest absolute Gasteiger partial charge is 0.269 e. The number of hydrogen-bond donors (Lipinski definition) is 0. The molecule has 1 aromatic heterocycles. The molecule has 0 radical (unpaired) electrons. The van der Waals surface area contributed by atoms with Gasteiger partial charge in [-0.05, 0) is 42.0 Å². The van der Waals surface area contributed by atoms with Gasteiger partial charge in [-0.3, -0.25) is 14.9 Å². The molecule has 7 nitrogen and oxygen atoms in total. The predicted octanol–water partition coefficient (Wildman–Crippen LogP) is 3.71. The molecule has 1 aliphatic rings. The summed E-state index contributed by atoms with van der Waals surface area (Å²) in [7, 11) is 0. The quantitative estimate of drug-likeness (QED) is 0.371. The van der Waals surface area contributed by atoms with Gasteiger partial charge in [-0.15, -0.1) is 0 Å². The van der Waals surface area contributed by atoms with E-state index >= 15 is 0 Å². The molecule has 2 heterocycles. The van der Waals surface area contributed by atoms with E-state index in [9.17, 15) is 19.3 Å². The van der Waals surface area contributed by atoms with Crippen LogP contribution in [0.5, 0.6) is 0 Å². The standard InChI is InChI=1S/C20H17FN4O3S/c21-15-4-7-17-18(13-15)29-20(22-17)24-11-9-23(10-12-24)19(26)8-3-14-1-5-16(6-2-14)25(27)28/h1-8,13H,9-12H2. The summed E-state index contributed by atoms with van der Waals surface area (Å²) in [6.45, 7) is 2.43. The van der Waals surface area contributed by atoms with E-state index in [4.69, 9.17) is 0 Å². The van der Waals surface area contributed by atoms with E-state index in [-0.39, 0.29) is 17.4 Å². The number of amides is 1. The number of nitrogens with zero attached hydrogens (tertiary/aromatic N) is 4. The number of anilines is 1. The highest BCUT2D eigenvalue weighted by Gasteiger charge is 2.22. The van der Waals surface area contributed by atoms with Gasteiger partial charge in [0.15, 0.2) is 5.13 Å². The minimum Gasteiger partial charge on any atom is -0.345 e. The Bertz CT molecular complexity index is 1090. The van der Waals surface area contributed by atoms with Crippen LogP contribution in [0.15, 0.2) is 48.5 Å². The topological polar surface area (TPSA) is 79.6 Å². The minimum absolute atomic E-state index is 0.0159. The molecule has 0 N–H and O–H groups in total. The summed E-state index contributed by atoms with van der Waals surface area (Å²) in [6, 6.07) is 10.6. The van der Waals surface area contributed by atoms with Gasteiger partial charge in [0, 0.05) is 44.4 Å². The van der Waals surface area contributed by atoms with Crippen LogP contribution in [0, 0.1) is 15.9 Å². The Morgan fingerprint density at radius 3 is 2.55 bits per heavy atom. The van der Waals surface area contributed by atoms with Crippen molar-refractivity contribution in [2.75, 3.05) is 31.1 Å². The maximum Gasteiger partial charge on any atom is 0.269 e. The van der Waals surface area contributed by atoms with Gasteiger partial charge < -0.3 is 9.80 Å². The van der Waals surface area contributed by atoms with Crippen molar-refractivity contribution in [1.82, 2.24) is 9.88 Å². The number of halogens is 1. The van der Waals surface area contributed by atoms with Gasteiger partial charge >= 0.3 is 0 Å². The van der Waals surface area contributed by atoms with Gasteiger partial charge in [0.25, 0.3) is 5.69 Å². The molecule has 0 unspecified atom stereocenters. The molecular weight excluding hydrogens is 395 g/mol. The summed E-state index contributed by atoms with van der Waals surface area (Å²) in [5.41, 5.74) is 1.52. The first-order chi connectivity index (χ1) is 14.0. The van der Waals surface area contributed by atoms with Gasteiger partial charge in [-0.25, -0.2) is 9.37 Å². The van der Waals surface area contributed by atoms with Gasteiger partial charge in [0.2, 0.25) is 5.91 Å². The zero-order valence-electron chi connectivity index (χ0n) is 15.3. The van der Waals surface area contributed by atoms with E-state index in [0.29, 0.717) is 26.2 Å². The van der Waals surface area contributed by atoms with Crippen molar-refractivity contribution in [3.8, 4) is 0 Å². The lowest BCUT2D eigenvalue weighted by Crippen LogP contribution is -2.48. The molecule has 148 valence electrons. The molecule has 2 aromatic carbocycles. The maximum absolute atomic E-state index is 13.4. The Morgan fingerprint density at radius 1 is 1.14 bits per heavy atom. The lowest BCUT2D eigenvalue weighted by Gasteiger charge is -2.34. The molecule has 4 rings (SSSR count). The van der Waals surface area contributed by atoms with E-state index in [1.54, 1.807) is 29.2 Å². The fourth-order valence-electron chi connectivity index (χ4n) is 3.12. The molecular formula is C20H17FN4O3S. The van der Waals surface area contributed by atoms with E-state index in [0.717, 1.165) is 20.9 Å². The van der Waals surface area contributed by atoms with Crippen LogP contribution in [0.4, 0.5) is 15.2 Å². The zero-order chi connectivity index (χ0) is 20.4. The first kappa shape index (κ1) is 19.0. The lowest BCUT2D eigenvalue weighted by molar-refractivity contribution is -0.384. The van der Waals surface area contributed by atoms with Crippen LogP contribution in [0.25, 0.3) is 16.3 Å². The summed E-state index contributed by atoms with van der Waals surface area (Å²) in [5.74, 6) is -0.378. The summed E-state index contributed by atoms with van der Waals surface area (Å²) < 4.78 is 14.2. The highest BCUT2D eigenvalue weighted by atomic mass is 32.1. The second-order valence-electron chi connectivity index (χ2n) is 6.60. The van der Waals surface area contributed by atoms with Crippen molar-refractivity contribution in [3.05, 3.63) is 70.0 Å². The van der Waals surface area contributed by atoms with Gasteiger partial charge in [-0.2, -0.15) is 0 Å². The molecule has 0 saturated carbocycles. The third-order valence-electron chi connectivity index (χ3n) is 4.72. The van der Waals surface area contributed by atoms with Crippen molar-refractivity contribution < 1.29 is 14.1 Å². The normalized spacial score (nSPS) is 14.7. The maximum atomic E-state index is 13.4. The van der Waals surface area contributed by atoms with E-state index < -0.39 is 4.92 Å². The van der Waals surface area contributed by atoms with Crippen LogP contribution in [-0.4, -0.2) is 46.9 Å². The number of nitro benzene ring substituents is 1. The second-order valence-corrected chi connectivity index (χ2v) is 7.61. The number of nitro groups is 1. The molecule has 0 aliphatic carbocycles. The van der Waals surface area contributed by atoms with Crippen molar-refractivity contribution in [2.24, 2.45) is 0 Å². The third kappa shape index (κ3) is 4.24. The molecule has 9 heteroatoms. The molecule has 1 saturated heterocycles. The lowest BCUT2D eigenvalue weighted by atomic mass is 10.2. The Kier molecular flexibility index (Phi) is 5.22. The monoisotopic (exact) mass is 412 g/mol. The molecule has 1 aliphatic heterocycles. The third-order valence-corrected chi connectivity index (χ3v) is 5.80. The van der Waals surface area contributed by atoms with Crippen LogP contribution >= 0.6 is 11.3 Å². The van der Waals surface area contributed by atoms with Crippen molar-refractivity contribution in [3.63, 3.8) is 0 Å². The number of thiazole rings is 1. The minimum atomic E-state index is -0.458. The summed E-state index contributed by atoms with van der Waals surface area (Å²) >= 11 is 1.45. The van der Waals surface area contributed by atoms with Crippen molar-refractivity contribution in [1.29, 1.82) is 0 Å². The number of non-ortho nitro benzene ring substituents is 1. The number of carbonyl (C=O) groups is 1. The Morgan fingerprint density at radius 2 is 1.86 bits per heavy atom. The van der Waals surface area contributed by atoms with Crippen LogP contribution in [-0.2, 0) is 4.79 Å². The average Bonchev–Trinajstić information content (AvgIpc) is 3.15. The number of benzene rings is 2. The molecule has 0 atom stereocenters. The second kappa shape index (κ2) is 7.96. The summed E-state index contributed by atoms with van der Waals surface area (Å²) in [5, 5.41) is 11.5. The van der Waals surface area contributed by atoms with Crippen LogP contribution < -0.4 is 4.90 Å². The molecule has 1 amide bonds. The van der Waals surface area contributed by atoms with E-state index in [1.807, 2.05) is 0 Å². The van der Waals surface area contributed by atoms with Crippen LogP contribution in [0.2, 0.25) is 0 Å². The zero-order valence-corrected chi connectivity index (χ0v) is 16.1. The molecule has 0 bridgehead atoms. The van der Waals surface area contributed by atoms with Crippen LogP contribution in [0.3, 0.4) is 0 Å². The summed E-state index contributed by atoms with van der Waals surface area (Å²) in [6.07, 6.45) is 3.14. The molecule has 0 spiro atoms. The Labute approximate surface area is 169 Å². The first-order valence-electron chi connectivity index (χ1n) is 9.02. The Balaban J connectivity index is 1.35. The number of aromatic nitrogens is 1. The Hall–Kier alpha value is -3.33. The number of hydrogen-bond acceptors (Lipinski definition) is 6. The highest BCUT2D eigenvalue weighted by Crippen LogP contribution is 2.29. The number of fused-ring (bicyclic) bond motifs is 1. The van der Waals surface area contributed by atoms with E-state index in [2.05, 4.69) is 9.88 Å². The molecule has 29 heavy (non-hydrogen) atoms. The molecule has 3 aromatic rings. The number of piperazine rings is 1. The largest absolute Gasteiger partial charge is 0.345 e. The van der Waals surface area contributed by atoms with Gasteiger partial charge in [-0.1, -0.05) is 11.3 Å². The van der Waals surface area contributed by atoms with Crippen molar-refractivity contribution in [2.45, 2.75) is 0 Å². The number of carbonyl (C=O) groups excluding carboxylic acids is 1. The van der Waals surface area contributed by atoms with Crippen molar-refractivity contribution >= 4 is 44.4 Å². The number of rotatable bonds is 4. The average molecular weight is 412 g/mol. The van der Waals surface area contributed by atoms with Gasteiger partial charge in [0.05, 0.1) is 15.1 Å².